The van der Waals surface area contributed by atoms with E-state index < -0.39 is 94.0 Å². The molecular weight excluding hydrogens is 1960 g/mol. The molecule has 8 bridgehead atoms. The van der Waals surface area contributed by atoms with Gasteiger partial charge in [0.15, 0.2) is 27.3 Å². The summed E-state index contributed by atoms with van der Waals surface area (Å²) in [6.45, 7) is 22.4. The van der Waals surface area contributed by atoms with Gasteiger partial charge in [0.05, 0.1) is 143 Å². The Morgan fingerprint density at radius 2 is 0.779 bits per heavy atom. The van der Waals surface area contributed by atoms with Gasteiger partial charge >= 0.3 is 0 Å². The molecule has 0 aliphatic heterocycles. The van der Waals surface area contributed by atoms with Gasteiger partial charge in [0.1, 0.15) is 86.3 Å². The number of rotatable bonds is 23. The molecule has 0 unspecified atom stereocenters. The van der Waals surface area contributed by atoms with Crippen molar-refractivity contribution in [3.63, 3.8) is 0 Å². The first kappa shape index (κ1) is 100. The van der Waals surface area contributed by atoms with Crippen LogP contribution < -0.4 is 0 Å². The lowest BCUT2D eigenvalue weighted by molar-refractivity contribution is 0.145. The lowest BCUT2D eigenvalue weighted by Crippen LogP contribution is -2.38. The Balaban J connectivity index is 0.000000116. The third kappa shape index (κ3) is 16.5. The van der Waals surface area contributed by atoms with Crippen LogP contribution in [-0.4, -0.2) is 178 Å². The maximum Gasteiger partial charge on any atom is 0.240 e. The van der Waals surface area contributed by atoms with Gasteiger partial charge in [0, 0.05) is 50.7 Å². The second-order valence-corrected chi connectivity index (χ2v) is 46.7. The van der Waals surface area contributed by atoms with E-state index in [0.29, 0.717) is 42.7 Å². The Morgan fingerprint density at radius 1 is 0.409 bits per heavy atom. The highest BCUT2D eigenvalue weighted by atomic mass is 32.2. The molecule has 10 atom stereocenters. The van der Waals surface area contributed by atoms with Gasteiger partial charge in [-0.25, -0.2) is 101 Å². The minimum Gasteiger partial charge on any atom is -0.396 e. The highest BCUT2D eigenvalue weighted by Gasteiger charge is 2.69. The van der Waals surface area contributed by atoms with E-state index in [1.54, 1.807) is 47.7 Å². The van der Waals surface area contributed by atoms with Crippen molar-refractivity contribution >= 4 is 19.7 Å². The number of benzene rings is 4. The number of sulfone groups is 2. The summed E-state index contributed by atoms with van der Waals surface area (Å²) in [5, 5.41) is 67.3. The maximum absolute atomic E-state index is 14.5. The molecule has 16 aromatic rings. The normalized spacial score (nSPS) is 22.0. The highest BCUT2D eigenvalue weighted by molar-refractivity contribution is 7.90. The van der Waals surface area contributed by atoms with Gasteiger partial charge in [0.2, 0.25) is 17.5 Å². The first-order chi connectivity index (χ1) is 71.1. The van der Waals surface area contributed by atoms with Crippen LogP contribution in [0.5, 0.6) is 0 Å². The van der Waals surface area contributed by atoms with Crippen LogP contribution in [0.25, 0.3) is 91.2 Å². The fourth-order valence-corrected chi connectivity index (χ4v) is 26.6. The molecule has 41 heteroatoms. The van der Waals surface area contributed by atoms with Gasteiger partial charge in [-0.15, -0.1) is 20.4 Å². The van der Waals surface area contributed by atoms with Crippen LogP contribution in [0.3, 0.4) is 0 Å². The molecule has 12 aromatic heterocycles. The number of aliphatic hydroxyl groups is 2. The molecule has 4 fully saturated rings. The summed E-state index contributed by atoms with van der Waals surface area (Å²) >= 11 is 0. The first-order valence-electron chi connectivity index (χ1n) is 49.3. The van der Waals surface area contributed by atoms with Crippen molar-refractivity contribution in [3.05, 3.63) is 303 Å². The van der Waals surface area contributed by atoms with Crippen LogP contribution >= 0.6 is 0 Å². The molecule has 149 heavy (non-hydrogen) atoms. The van der Waals surface area contributed by atoms with Crippen LogP contribution in [0.1, 0.15) is 224 Å². The first-order valence-corrected chi connectivity index (χ1v) is 53.4. The Morgan fingerprint density at radius 3 is 1.17 bits per heavy atom. The molecule has 12 heterocycles. The number of halogens is 8. The van der Waals surface area contributed by atoms with Crippen molar-refractivity contribution < 1.29 is 66.7 Å². The van der Waals surface area contributed by atoms with E-state index in [2.05, 4.69) is 141 Å². The van der Waals surface area contributed by atoms with Gasteiger partial charge in [-0.05, 0) is 240 Å². The molecule has 2 N–H and O–H groups in total. The van der Waals surface area contributed by atoms with Crippen molar-refractivity contribution in [3.8, 4) is 91.2 Å². The fourth-order valence-electron chi connectivity index (χ4n) is 25.5. The molecule has 0 radical (unpaired) electrons. The number of fused-ring (bicyclic) bond motifs is 20. The van der Waals surface area contributed by atoms with Crippen molar-refractivity contribution in [1.82, 2.24) is 120 Å². The van der Waals surface area contributed by atoms with Crippen molar-refractivity contribution in [2.45, 2.75) is 204 Å². The molecule has 0 spiro atoms. The van der Waals surface area contributed by atoms with E-state index in [1.807, 2.05) is 73.1 Å². The fraction of sp³-hybridized carbons (Fsp3) is 0.380. The summed E-state index contributed by atoms with van der Waals surface area (Å²) in [4.78, 5) is 46.1. The van der Waals surface area contributed by atoms with E-state index in [1.165, 1.54) is 90.1 Å². The van der Waals surface area contributed by atoms with Crippen LogP contribution in [0.2, 0.25) is 0 Å². The van der Waals surface area contributed by atoms with Crippen molar-refractivity contribution in [1.29, 1.82) is 0 Å². The molecule has 24 rings (SSSR count). The van der Waals surface area contributed by atoms with E-state index in [9.17, 15) is 62.2 Å². The lowest BCUT2D eigenvalue weighted by atomic mass is 9.66. The largest absolute Gasteiger partial charge is 0.396 e. The molecule has 766 valence electrons. The van der Waals surface area contributed by atoms with Gasteiger partial charge in [-0.1, -0.05) is 111 Å². The Hall–Kier alpha value is -14.5. The zero-order valence-electron chi connectivity index (χ0n) is 83.4. The Labute approximate surface area is 852 Å². The number of nitrogens with zero attached hydrogens (tertiary/aromatic N) is 24. The smallest absolute Gasteiger partial charge is 0.240 e. The number of aromatic nitrogens is 24. The predicted octanol–water partition coefficient (Wildman–Crippen LogP) is 18.3. The van der Waals surface area contributed by atoms with Crippen LogP contribution in [0, 0.1) is 74.1 Å². The molecule has 0 amide bonds. The third-order valence-electron chi connectivity index (χ3n) is 32.9. The quantitative estimate of drug-likeness (QED) is 0.0562. The number of aryl methyl sites for hydroxylation is 1. The third-order valence-corrected chi connectivity index (χ3v) is 34.6. The van der Waals surface area contributed by atoms with Gasteiger partial charge in [0.25, 0.3) is 0 Å². The second kappa shape index (κ2) is 37.4. The summed E-state index contributed by atoms with van der Waals surface area (Å²) in [5.74, 6) is -3.30. The highest BCUT2D eigenvalue weighted by Crippen LogP contribution is 2.74. The standard InChI is InChI=1S/C29H29F2N5O.C27H27F2N7O.C26H24F2N6O3S.C26H24F2N6O2S/c1-17(15-37)13-36-14-24(32-16-36)22-8-5-9-25(33-22)29-11-10-19(28(29,2)3)18-12-23(34-35-27(18)29)26-20(30)6-4-7-21(26)31;1-4-15(37)13-36-25(31-14-32-36)24-30-11-9-21(33-24)27-10-8-17(26(27,2)3)16-12-20(34-35-23(16)27)22-18(28)6-5-7-19(22)29;1-25(2)15-7-10-26(25,22-14(15)13-18(32-33-22)21-16(27)5-4-6-17(21)28)19-8-11-29-23(30-19)24-31-20(37-34-24)9-12-38(3,35)36;1-25(2)16-10-11-26(25,23-15(16)12-20(32-33-23)22-17(27)6-4-7-18(22)28)21-9-5-8-19(31-21)24-29-13-30-34(24)14-37(3,35)36/h4-9,12,14,16-17,19,37H,10-11,13,15H2,1-3H3;5-7,9,11-12,14-15,17,37H,4,8,10,13H2,1-3H3;4-6,8,11,13,15H,7,9-10,12H2,1-3H3;4-9,12-13,16H,10-11,14H2,1-3H3/t17-,19-,29-;15-,17-,27-;15-,26-;16-,26-/m0000/s1. The summed E-state index contributed by atoms with van der Waals surface area (Å²) in [6.07, 6.45) is 19.0. The summed E-state index contributed by atoms with van der Waals surface area (Å²) in [7, 11) is -6.53. The van der Waals surface area contributed by atoms with E-state index in [-0.39, 0.29) is 138 Å². The maximum atomic E-state index is 14.5. The Kier molecular flexibility index (Phi) is 25.2. The predicted molar refractivity (Wildman–Crippen MR) is 532 cm³/mol. The van der Waals surface area contributed by atoms with E-state index in [0.717, 1.165) is 143 Å². The zero-order chi connectivity index (χ0) is 105. The average Bonchev–Trinajstić information content (AvgIpc) is 1.53. The van der Waals surface area contributed by atoms with E-state index >= 15 is 0 Å². The second-order valence-electron chi connectivity index (χ2n) is 42.3. The van der Waals surface area contributed by atoms with Crippen LogP contribution in [0.15, 0.2) is 188 Å². The summed E-state index contributed by atoms with van der Waals surface area (Å²) < 4.78 is 173. The molecule has 0 saturated heterocycles. The minimum atomic E-state index is -3.34. The molecule has 31 nitrogen and oxygen atoms in total. The van der Waals surface area contributed by atoms with Gasteiger partial charge in [-0.2, -0.15) is 35.6 Å². The van der Waals surface area contributed by atoms with Crippen molar-refractivity contribution in [2.75, 3.05) is 24.9 Å². The number of hydrogen-bond acceptors (Lipinski definition) is 28. The number of pyridine rings is 2. The molecule has 4 saturated carbocycles. The molecule has 8 aliphatic carbocycles. The van der Waals surface area contributed by atoms with E-state index in [4.69, 9.17) is 24.5 Å². The SMILES string of the molecule is CC1(C)[C@H]2CC[C@]1(c1cccc(-c3ncnn3CS(C)(=O)=O)n1)c1nnc(-c3c(F)cccc3F)cc12.CC1(C)[C@H]2CC[C@]1(c1ccnc(-c3noc(CCS(C)(=O)=O)n3)n1)c1nnc(-c3c(F)cccc3F)cc12.CC[C@H](O)Cn1ncnc1-c1nccc([C@@]23CC[C@@H](c4cc(-c5c(F)cccc5F)nnc42)C3(C)C)n1.C[C@H](CO)Cn1cnc(-c2cccc([C@@]34CC[C@@H](c5cc(-c6c(F)cccc6F)nnc53)C4(C)C)n2)c1. The van der Waals surface area contributed by atoms with Crippen molar-refractivity contribution in [2.24, 2.45) is 27.6 Å². The zero-order valence-corrected chi connectivity index (χ0v) is 85.0. The summed E-state index contributed by atoms with van der Waals surface area (Å²) in [6, 6.07) is 37.5. The lowest BCUT2D eigenvalue weighted by Gasteiger charge is -2.37. The molecule has 8 aliphatic rings. The van der Waals surface area contributed by atoms with Crippen LogP contribution in [0.4, 0.5) is 35.1 Å². The molecule has 4 aromatic carbocycles. The van der Waals surface area contributed by atoms with Crippen LogP contribution in [-0.2, 0) is 66.7 Å². The number of hydrogen-bond donors (Lipinski definition) is 2. The molecular formula is C108H104F8N24O7S2. The minimum absolute atomic E-state index is 0.0905. The number of imidazole rings is 1. The summed E-state index contributed by atoms with van der Waals surface area (Å²) in [5.41, 5.74) is 8.95. The number of aliphatic hydroxyl groups excluding tert-OH is 2. The average molecular weight is 2070 g/mol. The van der Waals surface area contributed by atoms with Gasteiger partial charge < -0.3 is 19.3 Å². The topological polar surface area (TPSA) is 407 Å². The Bertz CT molecular complexity index is 8170. The van der Waals surface area contributed by atoms with Gasteiger partial charge in [-0.3, -0.25) is 4.98 Å². The monoisotopic (exact) mass is 2060 g/mol.